The van der Waals surface area contributed by atoms with Gasteiger partial charge in [0.25, 0.3) is 11.8 Å². The molecule has 1 fully saturated rings. The normalized spacial score (nSPS) is 21.9. The molecule has 0 aromatic heterocycles. The summed E-state index contributed by atoms with van der Waals surface area (Å²) in [5.41, 5.74) is 2.54. The Morgan fingerprint density at radius 3 is 2.38 bits per heavy atom. The van der Waals surface area contributed by atoms with E-state index in [1.54, 1.807) is 0 Å². The molecule has 2 aliphatic heterocycles. The van der Waals surface area contributed by atoms with Crippen molar-refractivity contribution in [2.24, 2.45) is 0 Å². The third-order valence-electron chi connectivity index (χ3n) is 6.43. The third-order valence-corrected chi connectivity index (χ3v) is 6.43. The van der Waals surface area contributed by atoms with Crippen LogP contribution in [0.15, 0.2) is 0 Å². The fourth-order valence-electron chi connectivity index (χ4n) is 4.25. The molecule has 3 N–H and O–H groups in total. The van der Waals surface area contributed by atoms with Crippen molar-refractivity contribution in [1.29, 1.82) is 5.41 Å². The number of aromatic hydroxyl groups is 1. The highest BCUT2D eigenvalue weighted by atomic mass is 16.5. The number of benzene rings is 1. The second-order valence-electron chi connectivity index (χ2n) is 8.53. The van der Waals surface area contributed by atoms with Crippen LogP contribution in [0.4, 0.5) is 0 Å². The molecule has 2 amide bonds. The van der Waals surface area contributed by atoms with E-state index in [1.807, 2.05) is 32.6 Å². The lowest BCUT2D eigenvalue weighted by Gasteiger charge is -2.41. The maximum Gasteiger partial charge on any atom is 0.266 e. The molecule has 3 rings (SSSR count). The summed E-state index contributed by atoms with van der Waals surface area (Å²) in [5.74, 6) is 0.657. The number of piperidine rings is 1. The van der Waals surface area contributed by atoms with Crippen LogP contribution in [0.2, 0.25) is 0 Å². The molecular formula is C22H31N3O4. The van der Waals surface area contributed by atoms with E-state index >= 15 is 0 Å². The third kappa shape index (κ3) is 3.82. The lowest BCUT2D eigenvalue weighted by molar-refractivity contribution is -0.149. The van der Waals surface area contributed by atoms with Gasteiger partial charge >= 0.3 is 0 Å². The van der Waals surface area contributed by atoms with Gasteiger partial charge in [-0.25, -0.2) is 0 Å². The molecule has 0 spiro atoms. The first-order valence-corrected chi connectivity index (χ1v) is 10.2. The largest absolute Gasteiger partial charge is 0.507 e. The van der Waals surface area contributed by atoms with Crippen molar-refractivity contribution in [3.05, 3.63) is 22.3 Å². The Hall–Kier alpha value is -2.57. The number of hydrogen-bond acceptors (Lipinski definition) is 5. The molecule has 1 aromatic carbocycles. The number of ether oxygens (including phenoxy) is 1. The summed E-state index contributed by atoms with van der Waals surface area (Å²) in [6.07, 6.45) is 2.58. The van der Waals surface area contributed by atoms with Crippen LogP contribution >= 0.6 is 0 Å². The predicted molar refractivity (Wildman–Crippen MR) is 111 cm³/mol. The van der Waals surface area contributed by atoms with Gasteiger partial charge in [-0.15, -0.1) is 0 Å². The van der Waals surface area contributed by atoms with Crippen LogP contribution in [0.1, 0.15) is 55.4 Å². The van der Waals surface area contributed by atoms with Gasteiger partial charge in [0.1, 0.15) is 11.5 Å². The monoisotopic (exact) mass is 401 g/mol. The number of hydrogen-bond donors (Lipinski definition) is 3. The van der Waals surface area contributed by atoms with Gasteiger partial charge in [-0.05, 0) is 70.6 Å². The van der Waals surface area contributed by atoms with E-state index in [1.165, 1.54) is 6.92 Å². The van der Waals surface area contributed by atoms with Crippen LogP contribution in [-0.4, -0.2) is 52.3 Å². The summed E-state index contributed by atoms with van der Waals surface area (Å²) in [6.45, 7) is 10.1. The van der Waals surface area contributed by atoms with E-state index in [0.29, 0.717) is 44.5 Å². The number of carbonyl (C=O) groups excluding carboxylic acids is 2. The molecule has 0 bridgehead atoms. The van der Waals surface area contributed by atoms with Crippen LogP contribution in [0.5, 0.6) is 11.5 Å². The number of amides is 2. The lowest BCUT2D eigenvalue weighted by Crippen LogP contribution is -2.56. The average Bonchev–Trinajstić information content (AvgIpc) is 2.70. The first-order valence-electron chi connectivity index (χ1n) is 10.2. The fourth-order valence-corrected chi connectivity index (χ4v) is 4.25. The topological polar surface area (TPSA) is 103 Å². The zero-order valence-electron chi connectivity index (χ0n) is 17.9. The summed E-state index contributed by atoms with van der Waals surface area (Å²) >= 11 is 0. The van der Waals surface area contributed by atoms with Gasteiger partial charge < -0.3 is 20.1 Å². The Morgan fingerprint density at radius 1 is 1.17 bits per heavy atom. The minimum absolute atomic E-state index is 0.00252. The molecule has 1 aromatic rings. The van der Waals surface area contributed by atoms with Gasteiger partial charge in [-0.1, -0.05) is 0 Å². The highest BCUT2D eigenvalue weighted by Crippen LogP contribution is 2.43. The summed E-state index contributed by atoms with van der Waals surface area (Å²) in [5, 5.41) is 20.6. The van der Waals surface area contributed by atoms with Gasteiger partial charge in [0, 0.05) is 31.1 Å². The minimum atomic E-state index is -0.935. The van der Waals surface area contributed by atoms with Gasteiger partial charge in [-0.3, -0.25) is 15.0 Å². The molecule has 1 unspecified atom stereocenters. The van der Waals surface area contributed by atoms with Crippen LogP contribution in [0.25, 0.3) is 0 Å². The lowest BCUT2D eigenvalue weighted by atomic mass is 9.86. The second kappa shape index (κ2) is 7.69. The average molecular weight is 402 g/mol. The summed E-state index contributed by atoms with van der Waals surface area (Å²) in [6, 6.07) is -0.0109. The molecule has 158 valence electrons. The number of phenols is 1. The Labute approximate surface area is 171 Å². The zero-order chi connectivity index (χ0) is 21.5. The van der Waals surface area contributed by atoms with E-state index in [0.717, 1.165) is 28.0 Å². The van der Waals surface area contributed by atoms with Gasteiger partial charge in [0.15, 0.2) is 5.60 Å². The summed E-state index contributed by atoms with van der Waals surface area (Å²) in [4.78, 5) is 26.8. The van der Waals surface area contributed by atoms with Crippen molar-refractivity contribution in [2.75, 3.05) is 13.1 Å². The van der Waals surface area contributed by atoms with E-state index in [-0.39, 0.29) is 23.6 Å². The SMILES string of the molecule is CC(=N)C(=O)NC1CCN(C(=O)C2(C)CCc3c(C)c(O)c(C)c(C)c3O2)CC1. The number of likely N-dealkylation sites (tertiary alicyclic amines) is 1. The van der Waals surface area contributed by atoms with Crippen LogP contribution in [-0.2, 0) is 16.0 Å². The van der Waals surface area contributed by atoms with Crippen molar-refractivity contribution in [2.45, 2.75) is 71.9 Å². The highest BCUT2D eigenvalue weighted by Gasteiger charge is 2.43. The van der Waals surface area contributed by atoms with Crippen LogP contribution in [0.3, 0.4) is 0 Å². The van der Waals surface area contributed by atoms with E-state index < -0.39 is 5.60 Å². The maximum atomic E-state index is 13.3. The molecule has 1 saturated heterocycles. The zero-order valence-corrected chi connectivity index (χ0v) is 17.9. The van der Waals surface area contributed by atoms with Crippen molar-refractivity contribution in [1.82, 2.24) is 10.2 Å². The molecule has 2 aliphatic rings. The molecular weight excluding hydrogens is 370 g/mol. The molecule has 7 nitrogen and oxygen atoms in total. The minimum Gasteiger partial charge on any atom is -0.507 e. The fraction of sp³-hybridized carbons (Fsp3) is 0.591. The Balaban J connectivity index is 1.72. The number of nitrogens with one attached hydrogen (secondary N) is 2. The van der Waals surface area contributed by atoms with Crippen LogP contribution < -0.4 is 10.1 Å². The van der Waals surface area contributed by atoms with Gasteiger partial charge in [-0.2, -0.15) is 0 Å². The molecule has 7 heteroatoms. The molecule has 0 saturated carbocycles. The Morgan fingerprint density at radius 2 is 1.79 bits per heavy atom. The maximum absolute atomic E-state index is 13.3. The molecule has 0 aliphatic carbocycles. The molecule has 2 heterocycles. The molecule has 29 heavy (non-hydrogen) atoms. The number of carbonyl (C=O) groups is 2. The smallest absolute Gasteiger partial charge is 0.266 e. The quantitative estimate of drug-likeness (QED) is 0.677. The standard InChI is InChI=1S/C22H31N3O4/c1-12-13(2)19-17(14(3)18(12)26)6-9-22(5,29-19)21(28)25-10-7-16(8-11-25)24-20(27)15(4)23/h16,23,26H,6-11H2,1-5H3,(H,24,27). The van der Waals surface area contributed by atoms with Crippen LogP contribution in [0, 0.1) is 26.2 Å². The Bertz CT molecular complexity index is 872. The van der Waals surface area contributed by atoms with Crippen molar-refractivity contribution < 1.29 is 19.4 Å². The number of fused-ring (bicyclic) bond motifs is 1. The van der Waals surface area contributed by atoms with Gasteiger partial charge in [0.2, 0.25) is 0 Å². The van der Waals surface area contributed by atoms with Crippen molar-refractivity contribution >= 4 is 17.5 Å². The number of rotatable bonds is 3. The summed E-state index contributed by atoms with van der Waals surface area (Å²) < 4.78 is 6.30. The first-order chi connectivity index (χ1) is 13.5. The number of phenolic OH excluding ortho intramolecular Hbond substituents is 1. The number of nitrogens with zero attached hydrogens (tertiary/aromatic N) is 1. The second-order valence-corrected chi connectivity index (χ2v) is 8.53. The highest BCUT2D eigenvalue weighted by molar-refractivity contribution is 6.36. The summed E-state index contributed by atoms with van der Waals surface area (Å²) in [7, 11) is 0. The predicted octanol–water partition coefficient (Wildman–Crippen LogP) is 2.55. The first kappa shape index (κ1) is 21.1. The van der Waals surface area contributed by atoms with Crippen molar-refractivity contribution in [3.63, 3.8) is 0 Å². The molecule has 0 radical (unpaired) electrons. The van der Waals surface area contributed by atoms with E-state index in [9.17, 15) is 14.7 Å². The Kier molecular flexibility index (Phi) is 5.61. The van der Waals surface area contributed by atoms with E-state index in [4.69, 9.17) is 10.1 Å². The molecule has 1 atom stereocenters. The van der Waals surface area contributed by atoms with E-state index in [2.05, 4.69) is 5.32 Å². The van der Waals surface area contributed by atoms with Crippen molar-refractivity contribution in [3.8, 4) is 11.5 Å². The van der Waals surface area contributed by atoms with Gasteiger partial charge in [0.05, 0.1) is 5.71 Å².